The molecule has 1 aromatic carbocycles. The summed E-state index contributed by atoms with van der Waals surface area (Å²) >= 11 is 0. The fourth-order valence-electron chi connectivity index (χ4n) is 1.61. The van der Waals surface area contributed by atoms with Crippen LogP contribution in [0.4, 0.5) is 5.69 Å². The summed E-state index contributed by atoms with van der Waals surface area (Å²) in [6.45, 7) is 3.01. The molecule has 0 spiro atoms. The van der Waals surface area contributed by atoms with E-state index in [0.29, 0.717) is 5.56 Å². The number of hydrogen-bond acceptors (Lipinski definition) is 3. The molecule has 0 saturated carbocycles. The zero-order chi connectivity index (χ0) is 13.5. The fraction of sp³-hybridized carbons (Fsp3) is 0.214. The van der Waals surface area contributed by atoms with E-state index < -0.39 is 0 Å². The zero-order valence-corrected chi connectivity index (χ0v) is 10.8. The van der Waals surface area contributed by atoms with E-state index in [1.54, 1.807) is 12.5 Å². The summed E-state index contributed by atoms with van der Waals surface area (Å²) in [7, 11) is 0. The Hall–Kier alpha value is -2.43. The Morgan fingerprint density at radius 3 is 2.84 bits per heavy atom. The summed E-state index contributed by atoms with van der Waals surface area (Å²) in [4.78, 5) is 22.4. The van der Waals surface area contributed by atoms with Gasteiger partial charge in [-0.25, -0.2) is 9.98 Å². The molecule has 0 aliphatic carbocycles. The van der Waals surface area contributed by atoms with Gasteiger partial charge in [-0.05, 0) is 24.1 Å². The average molecular weight is 256 g/mol. The summed E-state index contributed by atoms with van der Waals surface area (Å²) in [5, 5.41) is 3.08. The van der Waals surface area contributed by atoms with Crippen molar-refractivity contribution in [3.63, 3.8) is 0 Å². The molecule has 19 heavy (non-hydrogen) atoms. The third kappa shape index (κ3) is 3.51. The number of H-pyrrole nitrogens is 1. The van der Waals surface area contributed by atoms with Gasteiger partial charge in [0, 0.05) is 12.7 Å². The van der Waals surface area contributed by atoms with Crippen molar-refractivity contribution in [1.82, 2.24) is 15.3 Å². The topological polar surface area (TPSA) is 70.1 Å². The van der Waals surface area contributed by atoms with Crippen molar-refractivity contribution in [2.45, 2.75) is 13.3 Å². The van der Waals surface area contributed by atoms with Gasteiger partial charge in [0.25, 0.3) is 5.56 Å². The van der Waals surface area contributed by atoms with E-state index in [4.69, 9.17) is 0 Å². The minimum absolute atomic E-state index is 0.143. The number of aliphatic imine (C=N–C) groups is 1. The van der Waals surface area contributed by atoms with Crippen molar-refractivity contribution in [2.24, 2.45) is 4.99 Å². The van der Waals surface area contributed by atoms with Crippen LogP contribution in [0.3, 0.4) is 0 Å². The Morgan fingerprint density at radius 2 is 2.16 bits per heavy atom. The highest BCUT2D eigenvalue weighted by molar-refractivity contribution is 5.66. The van der Waals surface area contributed by atoms with Crippen molar-refractivity contribution in [1.29, 1.82) is 0 Å². The van der Waals surface area contributed by atoms with Gasteiger partial charge in [0.1, 0.15) is 0 Å². The van der Waals surface area contributed by atoms with Crippen LogP contribution in [0, 0.1) is 0 Å². The second-order valence-electron chi connectivity index (χ2n) is 4.05. The summed E-state index contributed by atoms with van der Waals surface area (Å²) in [6.07, 6.45) is 5.69. The summed E-state index contributed by atoms with van der Waals surface area (Å²) in [5.41, 5.74) is 2.08. The summed E-state index contributed by atoms with van der Waals surface area (Å²) in [5.74, 6) is 0. The molecule has 0 saturated heterocycles. The minimum atomic E-state index is -0.143. The van der Waals surface area contributed by atoms with Gasteiger partial charge in [0.05, 0.1) is 23.9 Å². The second-order valence-corrected chi connectivity index (χ2v) is 4.05. The van der Waals surface area contributed by atoms with E-state index in [2.05, 4.69) is 27.2 Å². The van der Waals surface area contributed by atoms with Gasteiger partial charge in [0.2, 0.25) is 0 Å². The number of nitrogens with zero attached hydrogens (tertiary/aromatic N) is 2. The number of benzene rings is 1. The predicted octanol–water partition coefficient (Wildman–Crippen LogP) is 2.10. The maximum atomic E-state index is 11.6. The van der Waals surface area contributed by atoms with Gasteiger partial charge in [-0.2, -0.15) is 0 Å². The molecule has 0 aliphatic rings. The normalized spacial score (nSPS) is 10.8. The lowest BCUT2D eigenvalue weighted by Crippen LogP contribution is -2.10. The molecule has 1 heterocycles. The van der Waals surface area contributed by atoms with Crippen LogP contribution in [0.1, 0.15) is 13.3 Å². The smallest absolute Gasteiger partial charge is 0.258 e. The second kappa shape index (κ2) is 6.49. The maximum absolute atomic E-state index is 11.6. The largest absolute Gasteiger partial charge is 0.376 e. The standard InChI is InChI=1S/C14H16N4O/c1-2-7-15-9-17-12-5-3-11(4-6-12)13-8-16-10-18-14(13)19/h3-6,8-10H,2,7H2,1H3,(H,15,17)(H,16,18,19). The van der Waals surface area contributed by atoms with Gasteiger partial charge in [-0.3, -0.25) is 4.79 Å². The van der Waals surface area contributed by atoms with Crippen LogP contribution in [0.25, 0.3) is 11.1 Å². The van der Waals surface area contributed by atoms with Crippen LogP contribution >= 0.6 is 0 Å². The molecule has 0 unspecified atom stereocenters. The first kappa shape index (κ1) is 13.0. The van der Waals surface area contributed by atoms with E-state index in [0.717, 1.165) is 24.2 Å². The predicted molar refractivity (Wildman–Crippen MR) is 76.7 cm³/mol. The van der Waals surface area contributed by atoms with Crippen molar-refractivity contribution in [3.8, 4) is 11.1 Å². The lowest BCUT2D eigenvalue weighted by atomic mass is 10.1. The van der Waals surface area contributed by atoms with Crippen LogP contribution in [0.2, 0.25) is 0 Å². The third-order valence-electron chi connectivity index (χ3n) is 2.60. The minimum Gasteiger partial charge on any atom is -0.376 e. The number of rotatable bonds is 5. The van der Waals surface area contributed by atoms with Crippen LogP contribution in [-0.2, 0) is 0 Å². The molecule has 0 fully saturated rings. The molecule has 5 heteroatoms. The lowest BCUT2D eigenvalue weighted by Gasteiger charge is -2.00. The highest BCUT2D eigenvalue weighted by Crippen LogP contribution is 2.18. The van der Waals surface area contributed by atoms with Crippen LogP contribution < -0.4 is 10.9 Å². The number of nitrogens with one attached hydrogen (secondary N) is 2. The van der Waals surface area contributed by atoms with Gasteiger partial charge in [-0.1, -0.05) is 19.1 Å². The quantitative estimate of drug-likeness (QED) is 0.489. The summed E-state index contributed by atoms with van der Waals surface area (Å²) < 4.78 is 0. The van der Waals surface area contributed by atoms with Gasteiger partial charge in [-0.15, -0.1) is 0 Å². The van der Waals surface area contributed by atoms with E-state index in [1.165, 1.54) is 6.33 Å². The average Bonchev–Trinajstić information content (AvgIpc) is 2.45. The number of aromatic amines is 1. The molecule has 0 atom stereocenters. The summed E-state index contributed by atoms with van der Waals surface area (Å²) in [6, 6.07) is 7.45. The Balaban J connectivity index is 2.13. The van der Waals surface area contributed by atoms with Gasteiger partial charge >= 0.3 is 0 Å². The Morgan fingerprint density at radius 1 is 1.37 bits per heavy atom. The zero-order valence-electron chi connectivity index (χ0n) is 10.8. The number of aromatic nitrogens is 2. The SMILES string of the molecule is CCCNC=Nc1ccc(-c2cnc[nH]c2=O)cc1. The molecule has 98 valence electrons. The molecule has 2 rings (SSSR count). The molecule has 2 N–H and O–H groups in total. The molecular formula is C14H16N4O. The monoisotopic (exact) mass is 256 g/mol. The highest BCUT2D eigenvalue weighted by atomic mass is 16.1. The van der Waals surface area contributed by atoms with Crippen molar-refractivity contribution >= 4 is 12.0 Å². The van der Waals surface area contributed by atoms with E-state index in [9.17, 15) is 4.79 Å². The molecule has 5 nitrogen and oxygen atoms in total. The van der Waals surface area contributed by atoms with Crippen LogP contribution in [0.15, 0.2) is 46.6 Å². The fourth-order valence-corrected chi connectivity index (χ4v) is 1.61. The molecule has 1 aromatic heterocycles. The Kier molecular flexibility index (Phi) is 4.44. The molecule has 0 aliphatic heterocycles. The lowest BCUT2D eigenvalue weighted by molar-refractivity contribution is 0.851. The van der Waals surface area contributed by atoms with E-state index in [-0.39, 0.29) is 5.56 Å². The van der Waals surface area contributed by atoms with Crippen LogP contribution in [-0.4, -0.2) is 22.9 Å². The van der Waals surface area contributed by atoms with Crippen LogP contribution in [0.5, 0.6) is 0 Å². The van der Waals surface area contributed by atoms with Crippen molar-refractivity contribution < 1.29 is 0 Å². The maximum Gasteiger partial charge on any atom is 0.258 e. The van der Waals surface area contributed by atoms with E-state index >= 15 is 0 Å². The Bertz CT molecular complexity index is 601. The molecule has 0 amide bonds. The number of hydrogen-bond donors (Lipinski definition) is 2. The van der Waals surface area contributed by atoms with E-state index in [1.807, 2.05) is 24.3 Å². The first-order valence-corrected chi connectivity index (χ1v) is 6.20. The first-order valence-electron chi connectivity index (χ1n) is 6.20. The van der Waals surface area contributed by atoms with Crippen molar-refractivity contribution in [2.75, 3.05) is 6.54 Å². The van der Waals surface area contributed by atoms with Crippen molar-refractivity contribution in [3.05, 3.63) is 47.1 Å². The van der Waals surface area contributed by atoms with Gasteiger partial charge in [0.15, 0.2) is 0 Å². The highest BCUT2D eigenvalue weighted by Gasteiger charge is 2.02. The molecule has 2 aromatic rings. The third-order valence-corrected chi connectivity index (χ3v) is 2.60. The van der Waals surface area contributed by atoms with Gasteiger partial charge < -0.3 is 10.3 Å². The molecule has 0 bridgehead atoms. The Labute approximate surface area is 111 Å². The molecular weight excluding hydrogens is 240 g/mol. The first-order chi connectivity index (χ1) is 9.31. The molecule has 0 radical (unpaired) electrons.